The van der Waals surface area contributed by atoms with Gasteiger partial charge in [0.15, 0.2) is 15.3 Å². The van der Waals surface area contributed by atoms with Crippen molar-refractivity contribution in [2.24, 2.45) is 0 Å². The summed E-state index contributed by atoms with van der Waals surface area (Å²) in [6, 6.07) is 5.88. The van der Waals surface area contributed by atoms with Gasteiger partial charge in [-0.25, -0.2) is 8.60 Å². The molecule has 0 aliphatic heterocycles. The summed E-state index contributed by atoms with van der Waals surface area (Å²) >= 11 is -0.343. The standard InChI is InChI=1S/C7H6FIO2S/c8-7(9)5-1-3-6(4-2-5)12(10)11/h1-4,7H,(H,10,11). The van der Waals surface area contributed by atoms with Gasteiger partial charge in [0.2, 0.25) is 0 Å². The fourth-order valence-electron chi connectivity index (χ4n) is 0.730. The average molecular weight is 300 g/mol. The van der Waals surface area contributed by atoms with Gasteiger partial charge in [-0.3, -0.25) is 0 Å². The Morgan fingerprint density at radius 1 is 1.42 bits per heavy atom. The third-order valence-electron chi connectivity index (χ3n) is 1.33. The van der Waals surface area contributed by atoms with Gasteiger partial charge in [0.25, 0.3) is 0 Å². The molecule has 0 bridgehead atoms. The quantitative estimate of drug-likeness (QED) is 0.518. The lowest BCUT2D eigenvalue weighted by molar-refractivity contribution is 0.490. The second-order valence-corrected chi connectivity index (χ2v) is 4.18. The molecule has 1 aromatic rings. The molecule has 0 heterocycles. The Morgan fingerprint density at radius 2 is 1.92 bits per heavy atom. The zero-order valence-corrected chi connectivity index (χ0v) is 8.88. The fourth-order valence-corrected chi connectivity index (χ4v) is 1.51. The molecule has 1 N–H and O–H groups in total. The largest absolute Gasteiger partial charge is 0.302 e. The molecule has 2 atom stereocenters. The second-order valence-electron chi connectivity index (χ2n) is 2.12. The summed E-state index contributed by atoms with van der Waals surface area (Å²) in [5.41, 5.74) is 0.504. The molecule has 0 radical (unpaired) electrons. The SMILES string of the molecule is O=S(O)c1ccc(C(F)I)cc1. The minimum Gasteiger partial charge on any atom is -0.302 e. The van der Waals surface area contributed by atoms with E-state index in [4.69, 9.17) is 4.55 Å². The Bertz CT molecular complexity index is 286. The van der Waals surface area contributed by atoms with E-state index in [2.05, 4.69) is 0 Å². The van der Waals surface area contributed by atoms with E-state index in [1.54, 1.807) is 22.6 Å². The van der Waals surface area contributed by atoms with Crippen LogP contribution in [0.2, 0.25) is 0 Å². The highest BCUT2D eigenvalue weighted by molar-refractivity contribution is 14.1. The zero-order valence-electron chi connectivity index (χ0n) is 5.91. The molecule has 0 amide bonds. The van der Waals surface area contributed by atoms with Gasteiger partial charge in [-0.15, -0.1) is 0 Å². The van der Waals surface area contributed by atoms with Crippen LogP contribution in [0.4, 0.5) is 4.39 Å². The molecule has 1 aromatic carbocycles. The molecule has 0 spiro atoms. The number of halogens is 2. The number of rotatable bonds is 2. The van der Waals surface area contributed by atoms with E-state index < -0.39 is 15.3 Å². The van der Waals surface area contributed by atoms with E-state index >= 15 is 0 Å². The average Bonchev–Trinajstić information content (AvgIpc) is 2.04. The first-order chi connectivity index (χ1) is 5.61. The first-order valence-corrected chi connectivity index (χ1v) is 5.45. The summed E-state index contributed by atoms with van der Waals surface area (Å²) in [7, 11) is 0. The molecular weight excluding hydrogens is 294 g/mol. The number of hydrogen-bond donors (Lipinski definition) is 1. The minimum atomic E-state index is -1.98. The van der Waals surface area contributed by atoms with Crippen molar-refractivity contribution in [2.45, 2.75) is 9.07 Å². The lowest BCUT2D eigenvalue weighted by atomic mass is 10.2. The van der Waals surface area contributed by atoms with Crippen molar-refractivity contribution in [3.8, 4) is 0 Å². The zero-order chi connectivity index (χ0) is 9.14. The van der Waals surface area contributed by atoms with Gasteiger partial charge in [0, 0.05) is 0 Å². The van der Waals surface area contributed by atoms with Crippen LogP contribution in [0.1, 0.15) is 9.74 Å². The summed E-state index contributed by atoms with van der Waals surface area (Å²) in [5, 5.41) is 0. The van der Waals surface area contributed by atoms with E-state index in [1.165, 1.54) is 24.3 Å². The number of alkyl halides is 2. The van der Waals surface area contributed by atoms with Crippen molar-refractivity contribution < 1.29 is 13.2 Å². The van der Waals surface area contributed by atoms with Gasteiger partial charge in [-0.1, -0.05) is 12.1 Å². The molecular formula is C7H6FIO2S. The predicted molar refractivity (Wildman–Crippen MR) is 53.3 cm³/mol. The maximum absolute atomic E-state index is 12.6. The van der Waals surface area contributed by atoms with Gasteiger partial charge in [0.05, 0.1) is 4.90 Å². The van der Waals surface area contributed by atoms with Crippen LogP contribution in [0.5, 0.6) is 0 Å². The molecule has 0 aromatic heterocycles. The van der Waals surface area contributed by atoms with Crippen molar-refractivity contribution >= 4 is 33.7 Å². The Balaban J connectivity index is 2.93. The summed E-state index contributed by atoms with van der Waals surface area (Å²) in [6.45, 7) is 0. The summed E-state index contributed by atoms with van der Waals surface area (Å²) in [4.78, 5) is 0.288. The number of hydrogen-bond acceptors (Lipinski definition) is 1. The smallest absolute Gasteiger partial charge is 0.186 e. The molecule has 0 saturated heterocycles. The highest BCUT2D eigenvalue weighted by Crippen LogP contribution is 2.24. The Morgan fingerprint density at radius 3 is 2.25 bits per heavy atom. The molecule has 5 heteroatoms. The van der Waals surface area contributed by atoms with E-state index in [0.717, 1.165) is 0 Å². The van der Waals surface area contributed by atoms with Crippen molar-refractivity contribution in [3.63, 3.8) is 0 Å². The van der Waals surface area contributed by atoms with Crippen LogP contribution in [0.25, 0.3) is 0 Å². The molecule has 2 unspecified atom stereocenters. The summed E-state index contributed by atoms with van der Waals surface area (Å²) in [5.74, 6) is 0. The minimum absolute atomic E-state index is 0.288. The van der Waals surface area contributed by atoms with Gasteiger partial charge in [0.1, 0.15) is 0 Å². The van der Waals surface area contributed by atoms with Crippen LogP contribution in [0.3, 0.4) is 0 Å². The molecule has 66 valence electrons. The molecule has 2 nitrogen and oxygen atoms in total. The van der Waals surface area contributed by atoms with Gasteiger partial charge in [-0.05, 0) is 40.3 Å². The van der Waals surface area contributed by atoms with Crippen LogP contribution in [0, 0.1) is 0 Å². The Hall–Kier alpha value is -0.0100. The molecule has 0 aliphatic carbocycles. The highest BCUT2D eigenvalue weighted by Gasteiger charge is 2.05. The highest BCUT2D eigenvalue weighted by atomic mass is 127. The van der Waals surface area contributed by atoms with Crippen molar-refractivity contribution in [1.82, 2.24) is 0 Å². The first-order valence-electron chi connectivity index (χ1n) is 3.10. The molecule has 1 rings (SSSR count). The lowest BCUT2D eigenvalue weighted by Gasteiger charge is -2.00. The first kappa shape index (κ1) is 10.1. The van der Waals surface area contributed by atoms with Crippen molar-refractivity contribution in [2.75, 3.05) is 0 Å². The van der Waals surface area contributed by atoms with Crippen LogP contribution >= 0.6 is 22.6 Å². The van der Waals surface area contributed by atoms with Crippen LogP contribution in [0.15, 0.2) is 29.2 Å². The predicted octanol–water partition coefficient (Wildman–Crippen LogP) is 2.67. The monoisotopic (exact) mass is 300 g/mol. The topological polar surface area (TPSA) is 37.3 Å². The van der Waals surface area contributed by atoms with Crippen molar-refractivity contribution in [1.29, 1.82) is 0 Å². The Kier molecular flexibility index (Phi) is 3.60. The lowest BCUT2D eigenvalue weighted by Crippen LogP contribution is -1.88. The van der Waals surface area contributed by atoms with Gasteiger partial charge >= 0.3 is 0 Å². The fraction of sp³-hybridized carbons (Fsp3) is 0.143. The normalized spacial score (nSPS) is 15.6. The van der Waals surface area contributed by atoms with Crippen LogP contribution in [-0.4, -0.2) is 8.76 Å². The second kappa shape index (κ2) is 4.29. The molecule has 0 aliphatic rings. The molecule has 0 saturated carbocycles. The van der Waals surface area contributed by atoms with Gasteiger partial charge in [-0.2, -0.15) is 0 Å². The molecule has 12 heavy (non-hydrogen) atoms. The molecule has 0 fully saturated rings. The number of benzene rings is 1. The Labute approximate surface area is 85.6 Å². The van der Waals surface area contributed by atoms with Crippen molar-refractivity contribution in [3.05, 3.63) is 29.8 Å². The van der Waals surface area contributed by atoms with Crippen LogP contribution in [-0.2, 0) is 11.1 Å². The third kappa shape index (κ3) is 2.49. The van der Waals surface area contributed by atoms with Crippen LogP contribution < -0.4 is 0 Å². The summed E-state index contributed by atoms with van der Waals surface area (Å²) < 4.78 is 30.7. The maximum Gasteiger partial charge on any atom is 0.186 e. The summed E-state index contributed by atoms with van der Waals surface area (Å²) in [6.07, 6.45) is 0. The van der Waals surface area contributed by atoms with Gasteiger partial charge < -0.3 is 4.55 Å². The van der Waals surface area contributed by atoms with E-state index in [1.807, 2.05) is 0 Å². The third-order valence-corrected chi connectivity index (χ3v) is 2.73. The van der Waals surface area contributed by atoms with E-state index in [-0.39, 0.29) is 4.90 Å². The maximum atomic E-state index is 12.6. The van der Waals surface area contributed by atoms with E-state index in [0.29, 0.717) is 5.56 Å². The van der Waals surface area contributed by atoms with E-state index in [9.17, 15) is 8.60 Å².